The van der Waals surface area contributed by atoms with Gasteiger partial charge in [0.2, 0.25) is 0 Å². The van der Waals surface area contributed by atoms with Crippen LogP contribution in [0.1, 0.15) is 55.5 Å². The molecule has 3 aromatic heterocycles. The van der Waals surface area contributed by atoms with E-state index in [1.165, 1.54) is 0 Å². The topological polar surface area (TPSA) is 101 Å². The van der Waals surface area contributed by atoms with E-state index in [0.29, 0.717) is 22.9 Å². The molecule has 3 heterocycles. The Labute approximate surface area is 178 Å². The molecule has 2 aliphatic rings. The van der Waals surface area contributed by atoms with E-state index >= 15 is 0 Å². The summed E-state index contributed by atoms with van der Waals surface area (Å²) >= 11 is 0. The van der Waals surface area contributed by atoms with Gasteiger partial charge in [-0.1, -0.05) is 19.1 Å². The van der Waals surface area contributed by atoms with E-state index in [1.54, 1.807) is 10.9 Å². The van der Waals surface area contributed by atoms with Gasteiger partial charge in [-0.05, 0) is 60.8 Å². The summed E-state index contributed by atoms with van der Waals surface area (Å²) in [5, 5.41) is 8.54. The number of rotatable bonds is 4. The molecule has 8 heteroatoms. The molecule has 0 amide bonds. The number of aromatic amines is 2. The van der Waals surface area contributed by atoms with Crippen LogP contribution in [0.4, 0.5) is 0 Å². The average molecular weight is 416 g/mol. The third kappa shape index (κ3) is 2.67. The Bertz CT molecular complexity index is 1430. The van der Waals surface area contributed by atoms with Gasteiger partial charge in [0.05, 0.1) is 10.9 Å². The number of nitrogens with zero attached hydrogens (tertiary/aromatic N) is 4. The van der Waals surface area contributed by atoms with Crippen LogP contribution in [0.2, 0.25) is 0 Å². The molecule has 2 fully saturated rings. The van der Waals surface area contributed by atoms with E-state index in [0.717, 1.165) is 48.3 Å². The third-order valence-corrected chi connectivity index (χ3v) is 6.94. The molecule has 0 radical (unpaired) electrons. The van der Waals surface area contributed by atoms with Gasteiger partial charge in [-0.15, -0.1) is 10.2 Å². The summed E-state index contributed by atoms with van der Waals surface area (Å²) in [6.45, 7) is 2.25. The molecule has 31 heavy (non-hydrogen) atoms. The fraction of sp³-hybridized carbons (Fsp3) is 0.391. The fourth-order valence-electron chi connectivity index (χ4n) is 5.39. The van der Waals surface area contributed by atoms with E-state index in [9.17, 15) is 9.59 Å². The lowest BCUT2D eigenvalue weighted by molar-refractivity contribution is 0.185. The number of aryl methyl sites for hydroxylation is 1. The molecule has 0 unspecified atom stereocenters. The summed E-state index contributed by atoms with van der Waals surface area (Å²) in [7, 11) is 1.98. The second-order valence-electron chi connectivity index (χ2n) is 9.27. The Morgan fingerprint density at radius 1 is 1.13 bits per heavy atom. The normalized spacial score (nSPS) is 23.2. The van der Waals surface area contributed by atoms with Gasteiger partial charge < -0.3 is 14.5 Å². The summed E-state index contributed by atoms with van der Waals surface area (Å²) in [6, 6.07) is 8.16. The molecule has 158 valence electrons. The quantitative estimate of drug-likeness (QED) is 0.534. The minimum atomic E-state index is -0.342. The summed E-state index contributed by atoms with van der Waals surface area (Å²) in [5.74, 6) is 1.95. The lowest BCUT2D eigenvalue weighted by atomic mass is 9.58. The molecule has 2 N–H and O–H groups in total. The van der Waals surface area contributed by atoms with Crippen molar-refractivity contribution in [2.45, 2.75) is 43.9 Å². The van der Waals surface area contributed by atoms with Gasteiger partial charge in [0.15, 0.2) is 0 Å². The zero-order valence-electron chi connectivity index (χ0n) is 17.6. The Morgan fingerprint density at radius 3 is 2.58 bits per heavy atom. The number of pyridine rings is 1. The largest absolute Gasteiger partial charge is 0.323 e. The van der Waals surface area contributed by atoms with E-state index < -0.39 is 0 Å². The van der Waals surface area contributed by atoms with E-state index in [4.69, 9.17) is 0 Å². The van der Waals surface area contributed by atoms with Crippen LogP contribution in [0.25, 0.3) is 16.7 Å². The first-order chi connectivity index (χ1) is 15.0. The van der Waals surface area contributed by atoms with Crippen LogP contribution in [0, 0.1) is 5.92 Å². The van der Waals surface area contributed by atoms with E-state index in [1.807, 2.05) is 29.9 Å². The lowest BCUT2D eigenvalue weighted by Gasteiger charge is -2.46. The van der Waals surface area contributed by atoms with Crippen molar-refractivity contribution in [2.75, 3.05) is 0 Å². The second-order valence-corrected chi connectivity index (χ2v) is 9.27. The van der Waals surface area contributed by atoms with Crippen LogP contribution in [-0.2, 0) is 12.5 Å². The number of aromatic nitrogens is 6. The van der Waals surface area contributed by atoms with Crippen molar-refractivity contribution in [2.24, 2.45) is 13.0 Å². The smallest absolute Gasteiger partial charge is 0.320 e. The first-order valence-electron chi connectivity index (χ1n) is 10.8. The van der Waals surface area contributed by atoms with Crippen molar-refractivity contribution in [1.29, 1.82) is 0 Å². The molecule has 2 saturated carbocycles. The number of imidazole rings is 1. The Kier molecular flexibility index (Phi) is 3.73. The van der Waals surface area contributed by atoms with Crippen LogP contribution < -0.4 is 11.2 Å². The van der Waals surface area contributed by atoms with Crippen LogP contribution in [-0.4, -0.2) is 29.3 Å². The van der Waals surface area contributed by atoms with Gasteiger partial charge >= 0.3 is 5.69 Å². The van der Waals surface area contributed by atoms with Gasteiger partial charge in [-0.3, -0.25) is 9.36 Å². The zero-order chi connectivity index (χ0) is 21.3. The molecular formula is C23H24N6O2. The summed E-state index contributed by atoms with van der Waals surface area (Å²) < 4.78 is 3.67. The number of H-pyrrole nitrogens is 2. The molecule has 0 bridgehead atoms. The van der Waals surface area contributed by atoms with Crippen LogP contribution in [0.15, 0.2) is 46.4 Å². The number of fused-ring (bicyclic) bond motifs is 1. The van der Waals surface area contributed by atoms with E-state index in [-0.39, 0.29) is 16.7 Å². The van der Waals surface area contributed by atoms with Crippen LogP contribution >= 0.6 is 0 Å². The van der Waals surface area contributed by atoms with Gasteiger partial charge in [0.25, 0.3) is 5.56 Å². The Morgan fingerprint density at radius 2 is 1.90 bits per heavy atom. The highest BCUT2D eigenvalue weighted by Crippen LogP contribution is 2.51. The van der Waals surface area contributed by atoms with Crippen molar-refractivity contribution in [3.63, 3.8) is 0 Å². The van der Waals surface area contributed by atoms with Crippen LogP contribution in [0.3, 0.4) is 0 Å². The van der Waals surface area contributed by atoms with Crippen molar-refractivity contribution >= 4 is 11.0 Å². The molecule has 1 aromatic carbocycles. The number of benzene rings is 1. The first-order valence-corrected chi connectivity index (χ1v) is 10.8. The first kappa shape index (κ1) is 18.4. The highest BCUT2D eigenvalue weighted by Gasteiger charge is 2.48. The molecule has 6 rings (SSSR count). The van der Waals surface area contributed by atoms with Gasteiger partial charge in [0, 0.05) is 18.9 Å². The zero-order valence-corrected chi connectivity index (χ0v) is 17.6. The predicted molar refractivity (Wildman–Crippen MR) is 117 cm³/mol. The lowest BCUT2D eigenvalue weighted by Crippen LogP contribution is -2.43. The number of hydrogen-bond donors (Lipinski definition) is 2. The van der Waals surface area contributed by atoms with Crippen LogP contribution in [0.5, 0.6) is 0 Å². The molecule has 4 aromatic rings. The Hall–Kier alpha value is -3.42. The van der Waals surface area contributed by atoms with E-state index in [2.05, 4.69) is 39.2 Å². The molecule has 0 atom stereocenters. The van der Waals surface area contributed by atoms with Crippen molar-refractivity contribution in [3.8, 4) is 5.69 Å². The van der Waals surface area contributed by atoms with Gasteiger partial charge in [0.1, 0.15) is 17.7 Å². The third-order valence-electron chi connectivity index (χ3n) is 6.94. The Balaban J connectivity index is 1.54. The molecule has 0 aliphatic heterocycles. The molecule has 8 nitrogen and oxygen atoms in total. The molecule has 2 aliphatic carbocycles. The molecular weight excluding hydrogens is 392 g/mol. The van der Waals surface area contributed by atoms with Crippen molar-refractivity contribution in [3.05, 3.63) is 74.6 Å². The predicted octanol–water partition coefficient (Wildman–Crippen LogP) is 2.73. The van der Waals surface area contributed by atoms with Crippen molar-refractivity contribution in [1.82, 2.24) is 29.3 Å². The maximum atomic E-state index is 13.3. The number of nitrogens with one attached hydrogen (secondary N) is 2. The van der Waals surface area contributed by atoms with Gasteiger partial charge in [-0.25, -0.2) is 4.79 Å². The SMILES string of the molecule is Cn1cnnc1[C@]1(c2cccc(-n3cc(C4CC4)c4[nH]c(=O)[nH]c4c3=O)c2)C[C@H](C)C1. The second kappa shape index (κ2) is 6.29. The molecule has 0 spiro atoms. The summed E-state index contributed by atoms with van der Waals surface area (Å²) in [5.41, 5.74) is 3.20. The highest BCUT2D eigenvalue weighted by atomic mass is 16.1. The summed E-state index contributed by atoms with van der Waals surface area (Å²) in [6.07, 6.45) is 7.79. The molecule has 0 saturated heterocycles. The fourth-order valence-corrected chi connectivity index (χ4v) is 5.39. The minimum absolute atomic E-state index is 0.198. The average Bonchev–Trinajstić information content (AvgIpc) is 3.36. The maximum Gasteiger partial charge on any atom is 0.323 e. The van der Waals surface area contributed by atoms with Crippen molar-refractivity contribution < 1.29 is 0 Å². The maximum absolute atomic E-state index is 13.3. The minimum Gasteiger partial charge on any atom is -0.320 e. The number of hydrogen-bond acceptors (Lipinski definition) is 4. The standard InChI is InChI=1S/C23H24N6O2/c1-13-9-23(10-13,21-27-24-12-28(21)2)15-4-3-5-16(8-15)29-11-17(14-6-7-14)18-19(20(29)30)26-22(31)25-18/h3-5,8,11-14H,6-7,9-10H2,1-2H3,(H2,25,26,31)/t13-,23+. The highest BCUT2D eigenvalue weighted by molar-refractivity contribution is 5.78. The summed E-state index contributed by atoms with van der Waals surface area (Å²) in [4.78, 5) is 30.7. The monoisotopic (exact) mass is 416 g/mol. The van der Waals surface area contributed by atoms with Gasteiger partial charge in [-0.2, -0.15) is 0 Å².